The summed E-state index contributed by atoms with van der Waals surface area (Å²) < 4.78 is 6.45. The molecule has 0 unspecified atom stereocenters. The Bertz CT molecular complexity index is 1560. The molecule has 12 atom stereocenters. The van der Waals surface area contributed by atoms with E-state index in [2.05, 4.69) is 58.3 Å². The SMILES string of the molecule is C=C(C)[C@@H]1CC[C@]2(C(=O)NC3(CN4CCCC4)CCC3)CC[C@]3(C)[C@H](CC[C@@H]4[C@@]5(C)CC[C@H](OC(=O)[C@H]6C[C@@H](C(=O)O)C6(C)C)C(C)(C)[C@@H]5CC[C@]43C)[C@@H]12. The number of amides is 1. The van der Waals surface area contributed by atoms with Gasteiger partial charge >= 0.3 is 11.9 Å². The van der Waals surface area contributed by atoms with Crippen LogP contribution < -0.4 is 5.32 Å². The number of aliphatic carboxylic acids is 1. The molecular formula is C47H74N2O5. The van der Waals surface area contributed by atoms with Crippen molar-refractivity contribution in [3.05, 3.63) is 12.2 Å². The van der Waals surface area contributed by atoms with Crippen LogP contribution in [-0.4, -0.2) is 59.1 Å². The highest BCUT2D eigenvalue weighted by molar-refractivity contribution is 5.85. The highest BCUT2D eigenvalue weighted by atomic mass is 16.5. The van der Waals surface area contributed by atoms with Gasteiger partial charge in [0.25, 0.3) is 0 Å². The zero-order valence-electron chi connectivity index (χ0n) is 35.3. The van der Waals surface area contributed by atoms with E-state index in [4.69, 9.17) is 4.74 Å². The number of hydrogen-bond acceptors (Lipinski definition) is 5. The van der Waals surface area contributed by atoms with Gasteiger partial charge in [-0.3, -0.25) is 14.4 Å². The van der Waals surface area contributed by atoms with Crippen LogP contribution in [0.3, 0.4) is 0 Å². The number of carbonyl (C=O) groups excluding carboxylic acids is 2. The third-order valence-electron chi connectivity index (χ3n) is 20.0. The highest BCUT2D eigenvalue weighted by Gasteiger charge is 2.72. The third kappa shape index (κ3) is 5.36. The van der Waals surface area contributed by atoms with E-state index in [1.807, 2.05) is 13.8 Å². The van der Waals surface area contributed by atoms with E-state index in [1.54, 1.807) is 0 Å². The van der Waals surface area contributed by atoms with Gasteiger partial charge in [-0.2, -0.15) is 0 Å². The Balaban J connectivity index is 1.03. The van der Waals surface area contributed by atoms with Crippen molar-refractivity contribution in [1.29, 1.82) is 0 Å². The first-order chi connectivity index (χ1) is 25.3. The van der Waals surface area contributed by atoms with Gasteiger partial charge in [0.05, 0.1) is 22.8 Å². The summed E-state index contributed by atoms with van der Waals surface area (Å²) in [6.07, 6.45) is 17.2. The minimum absolute atomic E-state index is 0.0334. The average molecular weight is 747 g/mol. The monoisotopic (exact) mass is 747 g/mol. The Morgan fingerprint density at radius 2 is 1.46 bits per heavy atom. The first-order valence-electron chi connectivity index (χ1n) is 22.4. The molecule has 7 heteroatoms. The Kier molecular flexibility index (Phi) is 9.24. The maximum Gasteiger partial charge on any atom is 0.309 e. The molecule has 0 aromatic rings. The van der Waals surface area contributed by atoms with Crippen LogP contribution in [0, 0.1) is 73.9 Å². The first-order valence-corrected chi connectivity index (χ1v) is 22.4. The Morgan fingerprint density at radius 3 is 2.07 bits per heavy atom. The molecule has 54 heavy (non-hydrogen) atoms. The van der Waals surface area contributed by atoms with E-state index in [-0.39, 0.29) is 50.6 Å². The topological polar surface area (TPSA) is 95.9 Å². The number of likely N-dealkylation sites (tertiary alicyclic amines) is 1. The zero-order chi connectivity index (χ0) is 38.9. The molecule has 0 radical (unpaired) electrons. The Hall–Kier alpha value is -1.89. The van der Waals surface area contributed by atoms with E-state index in [0.717, 1.165) is 64.3 Å². The number of nitrogens with one attached hydrogen (secondary N) is 1. The van der Waals surface area contributed by atoms with Crippen LogP contribution in [0.25, 0.3) is 0 Å². The van der Waals surface area contributed by atoms with Gasteiger partial charge in [0, 0.05) is 12.0 Å². The molecule has 1 amide bonds. The predicted molar refractivity (Wildman–Crippen MR) is 212 cm³/mol. The lowest BCUT2D eigenvalue weighted by atomic mass is 9.32. The molecular weight excluding hydrogens is 673 g/mol. The molecule has 0 aromatic heterocycles. The van der Waals surface area contributed by atoms with E-state index >= 15 is 4.79 Å². The summed E-state index contributed by atoms with van der Waals surface area (Å²) in [5, 5.41) is 13.5. The molecule has 1 aliphatic heterocycles. The number of allylic oxidation sites excluding steroid dienone is 1. The number of fused-ring (bicyclic) bond motifs is 7. The largest absolute Gasteiger partial charge is 0.481 e. The van der Waals surface area contributed by atoms with Crippen LogP contribution in [-0.2, 0) is 19.1 Å². The number of carbonyl (C=O) groups is 3. The first kappa shape index (κ1) is 39.0. The molecule has 2 N–H and O–H groups in total. The van der Waals surface area contributed by atoms with Gasteiger partial charge in [-0.25, -0.2) is 0 Å². The number of nitrogens with zero attached hydrogens (tertiary/aromatic N) is 1. The fourth-order valence-corrected chi connectivity index (χ4v) is 16.3. The molecule has 8 aliphatic rings. The zero-order valence-corrected chi connectivity index (χ0v) is 35.3. The molecule has 0 spiro atoms. The van der Waals surface area contributed by atoms with Crippen LogP contribution in [0.2, 0.25) is 0 Å². The number of ether oxygens (including phenoxy) is 1. The van der Waals surface area contributed by atoms with E-state index in [0.29, 0.717) is 41.9 Å². The van der Waals surface area contributed by atoms with Crippen molar-refractivity contribution in [2.45, 2.75) is 170 Å². The van der Waals surface area contributed by atoms with E-state index in [9.17, 15) is 14.7 Å². The van der Waals surface area contributed by atoms with Gasteiger partial charge in [-0.05, 0) is 174 Å². The molecule has 8 rings (SSSR count). The van der Waals surface area contributed by atoms with Gasteiger partial charge in [0.15, 0.2) is 0 Å². The molecule has 7 aliphatic carbocycles. The fraction of sp³-hybridized carbons (Fsp3) is 0.894. The molecule has 0 aromatic carbocycles. The average Bonchev–Trinajstić information content (AvgIpc) is 3.73. The second kappa shape index (κ2) is 12.8. The van der Waals surface area contributed by atoms with Gasteiger partial charge < -0.3 is 20.1 Å². The van der Waals surface area contributed by atoms with Crippen LogP contribution in [0.15, 0.2) is 12.2 Å². The number of esters is 1. The van der Waals surface area contributed by atoms with Crippen molar-refractivity contribution in [3.8, 4) is 0 Å². The maximum absolute atomic E-state index is 15.0. The molecule has 7 nitrogen and oxygen atoms in total. The van der Waals surface area contributed by atoms with Crippen molar-refractivity contribution >= 4 is 17.8 Å². The smallest absolute Gasteiger partial charge is 0.309 e. The summed E-state index contributed by atoms with van der Waals surface area (Å²) in [7, 11) is 0. The van der Waals surface area contributed by atoms with Crippen LogP contribution in [0.5, 0.6) is 0 Å². The molecule has 1 heterocycles. The Morgan fingerprint density at radius 1 is 0.759 bits per heavy atom. The second-order valence-corrected chi connectivity index (χ2v) is 22.7. The van der Waals surface area contributed by atoms with Crippen molar-refractivity contribution in [2.24, 2.45) is 73.9 Å². The van der Waals surface area contributed by atoms with Crippen LogP contribution in [0.4, 0.5) is 0 Å². The Labute approximate surface area is 326 Å². The molecule has 1 saturated heterocycles. The summed E-state index contributed by atoms with van der Waals surface area (Å²) in [5.41, 5.74) is 0.718. The number of carboxylic acids is 1. The summed E-state index contributed by atoms with van der Waals surface area (Å²) in [6, 6.07) is 0. The lowest BCUT2D eigenvalue weighted by Crippen LogP contribution is -2.68. The number of carboxylic acid groups (broad SMARTS) is 1. The molecule has 7 saturated carbocycles. The van der Waals surface area contributed by atoms with Crippen molar-refractivity contribution in [3.63, 3.8) is 0 Å². The molecule has 302 valence electrons. The lowest BCUT2D eigenvalue weighted by Gasteiger charge is -2.73. The second-order valence-electron chi connectivity index (χ2n) is 22.7. The van der Waals surface area contributed by atoms with E-state index in [1.165, 1.54) is 57.2 Å². The summed E-state index contributed by atoms with van der Waals surface area (Å²) >= 11 is 0. The summed E-state index contributed by atoms with van der Waals surface area (Å²) in [4.78, 5) is 43.1. The van der Waals surface area contributed by atoms with Crippen molar-refractivity contribution < 1.29 is 24.2 Å². The van der Waals surface area contributed by atoms with Gasteiger partial charge in [-0.15, -0.1) is 0 Å². The quantitative estimate of drug-likeness (QED) is 0.190. The lowest BCUT2D eigenvalue weighted by molar-refractivity contribution is -0.251. The minimum atomic E-state index is -0.809. The van der Waals surface area contributed by atoms with E-state index < -0.39 is 17.3 Å². The normalized spacial score (nSPS) is 47.0. The van der Waals surface area contributed by atoms with Crippen molar-refractivity contribution in [2.75, 3.05) is 19.6 Å². The van der Waals surface area contributed by atoms with Crippen LogP contribution in [0.1, 0.15) is 158 Å². The fourth-order valence-electron chi connectivity index (χ4n) is 16.3. The number of hydrogen-bond donors (Lipinski definition) is 2. The molecule has 8 fully saturated rings. The predicted octanol–water partition coefficient (Wildman–Crippen LogP) is 9.44. The highest BCUT2D eigenvalue weighted by Crippen LogP contribution is 2.77. The minimum Gasteiger partial charge on any atom is -0.481 e. The van der Waals surface area contributed by atoms with Gasteiger partial charge in [0.1, 0.15) is 6.10 Å². The van der Waals surface area contributed by atoms with Crippen LogP contribution >= 0.6 is 0 Å². The number of rotatable bonds is 8. The van der Waals surface area contributed by atoms with Gasteiger partial charge in [0.2, 0.25) is 5.91 Å². The standard InChI is InChI=1S/C47H74N2O5/c1-29(2)30-15-22-47(40(53)48-46(18-12-19-46)28-49-25-10-11-26-49)24-23-44(8)31(37(30)47)13-14-35-43(7)20-17-36(42(5,6)34(43)16-21-45(35,44)9)54-39(52)33-27-32(38(50)51)41(33,3)4/h30-37H,1,10-28H2,2-9H3,(H,48,53)(H,50,51)/t30-,31+,32-,33+,34-,35+,36-,37+,43-,44+,45+,47-/m0/s1. The summed E-state index contributed by atoms with van der Waals surface area (Å²) in [5.74, 6) is 0.892. The maximum atomic E-state index is 15.0. The third-order valence-corrected chi connectivity index (χ3v) is 20.0. The molecule has 0 bridgehead atoms. The van der Waals surface area contributed by atoms with Crippen molar-refractivity contribution in [1.82, 2.24) is 10.2 Å². The summed E-state index contributed by atoms with van der Waals surface area (Å²) in [6.45, 7) is 26.7. The van der Waals surface area contributed by atoms with Gasteiger partial charge in [-0.1, -0.05) is 60.6 Å².